The zero-order chi connectivity index (χ0) is 16.3. The van der Waals surface area contributed by atoms with Crippen LogP contribution in [0.25, 0.3) is 0 Å². The molecule has 1 aliphatic rings. The van der Waals surface area contributed by atoms with E-state index in [0.29, 0.717) is 37.0 Å². The predicted molar refractivity (Wildman–Crippen MR) is 85.3 cm³/mol. The number of rotatable bonds is 3. The molecule has 2 rings (SSSR count). The lowest BCUT2D eigenvalue weighted by atomic mass is 10.1. The van der Waals surface area contributed by atoms with E-state index in [1.165, 1.54) is 0 Å². The number of nitrogens with zero attached hydrogens (tertiary/aromatic N) is 2. The number of benzene rings is 1. The molecule has 0 atom stereocenters. The summed E-state index contributed by atoms with van der Waals surface area (Å²) in [6.45, 7) is 5.78. The summed E-state index contributed by atoms with van der Waals surface area (Å²) in [5.74, 6) is 0.794. The number of halogens is 1. The highest BCUT2D eigenvalue weighted by molar-refractivity contribution is 6.30. The minimum atomic E-state index is 0.0307. The quantitative estimate of drug-likeness (QED) is 0.853. The van der Waals surface area contributed by atoms with Crippen molar-refractivity contribution >= 4 is 23.4 Å². The van der Waals surface area contributed by atoms with Gasteiger partial charge in [0.05, 0.1) is 13.5 Å². The molecule has 22 heavy (non-hydrogen) atoms. The van der Waals surface area contributed by atoms with E-state index in [1.54, 1.807) is 29.9 Å². The second-order valence-electron chi connectivity index (χ2n) is 5.48. The molecule has 0 unspecified atom stereocenters. The van der Waals surface area contributed by atoms with Crippen molar-refractivity contribution in [3.63, 3.8) is 0 Å². The van der Waals surface area contributed by atoms with Gasteiger partial charge in [0.25, 0.3) is 0 Å². The summed E-state index contributed by atoms with van der Waals surface area (Å²) in [4.78, 5) is 27.3. The zero-order valence-electron chi connectivity index (χ0n) is 13.2. The molecule has 0 saturated carbocycles. The zero-order valence-corrected chi connectivity index (χ0v) is 13.9. The molecule has 1 aromatic rings. The average molecular weight is 325 g/mol. The van der Waals surface area contributed by atoms with Crippen LogP contribution in [0, 0.1) is 6.92 Å². The van der Waals surface area contributed by atoms with E-state index in [9.17, 15) is 9.59 Å². The number of piperazine rings is 1. The highest BCUT2D eigenvalue weighted by Gasteiger charge is 2.23. The molecule has 120 valence electrons. The molecule has 1 aromatic carbocycles. The van der Waals surface area contributed by atoms with Crippen LogP contribution in [0.4, 0.5) is 0 Å². The molecule has 0 N–H and O–H groups in total. The fourth-order valence-corrected chi connectivity index (χ4v) is 3.06. The minimum absolute atomic E-state index is 0.0307. The van der Waals surface area contributed by atoms with Gasteiger partial charge in [-0.1, -0.05) is 11.6 Å². The molecule has 0 aliphatic carbocycles. The Morgan fingerprint density at radius 1 is 1.18 bits per heavy atom. The van der Waals surface area contributed by atoms with E-state index < -0.39 is 0 Å². The molecule has 0 aromatic heterocycles. The van der Waals surface area contributed by atoms with Crippen LogP contribution >= 0.6 is 11.6 Å². The van der Waals surface area contributed by atoms with E-state index in [2.05, 4.69) is 0 Å². The van der Waals surface area contributed by atoms with Crippen LogP contribution in [-0.4, -0.2) is 54.9 Å². The van der Waals surface area contributed by atoms with Crippen LogP contribution in [0.5, 0.6) is 5.75 Å². The number of carbonyl (C=O) groups is 2. The highest BCUT2D eigenvalue weighted by atomic mass is 35.5. The maximum atomic E-state index is 12.5. The van der Waals surface area contributed by atoms with Gasteiger partial charge in [-0.25, -0.2) is 0 Å². The third kappa shape index (κ3) is 3.71. The summed E-state index contributed by atoms with van der Waals surface area (Å²) in [6.07, 6.45) is 0.255. The standard InChI is InChI=1S/C16H21ClN2O3/c1-11-8-14(17)9-13(16(11)22-3)10-15(21)19-6-4-18(5-7-19)12(2)20/h8-9H,4-7,10H2,1-3H3. The Bertz CT molecular complexity index is 581. The fraction of sp³-hybridized carbons (Fsp3) is 0.500. The Morgan fingerprint density at radius 2 is 1.77 bits per heavy atom. The fourth-order valence-electron chi connectivity index (χ4n) is 2.77. The summed E-state index contributed by atoms with van der Waals surface area (Å²) in [5, 5.41) is 0.600. The third-order valence-corrected chi connectivity index (χ3v) is 4.16. The van der Waals surface area contributed by atoms with Crippen molar-refractivity contribution < 1.29 is 14.3 Å². The lowest BCUT2D eigenvalue weighted by Crippen LogP contribution is -2.50. The van der Waals surface area contributed by atoms with Crippen LogP contribution < -0.4 is 4.74 Å². The SMILES string of the molecule is COc1c(C)cc(Cl)cc1CC(=O)N1CCN(C(C)=O)CC1. The summed E-state index contributed by atoms with van der Waals surface area (Å²) in [7, 11) is 1.59. The van der Waals surface area contributed by atoms with Gasteiger partial charge in [-0.15, -0.1) is 0 Å². The Morgan fingerprint density at radius 3 is 2.32 bits per heavy atom. The Kier molecular flexibility index (Phi) is 5.29. The van der Waals surface area contributed by atoms with Gasteiger partial charge in [0.1, 0.15) is 5.75 Å². The van der Waals surface area contributed by atoms with Crippen molar-refractivity contribution in [2.75, 3.05) is 33.3 Å². The molecule has 1 saturated heterocycles. The van der Waals surface area contributed by atoms with Crippen molar-refractivity contribution in [1.29, 1.82) is 0 Å². The molecule has 2 amide bonds. The number of aryl methyl sites for hydroxylation is 1. The number of hydrogen-bond donors (Lipinski definition) is 0. The number of carbonyl (C=O) groups excluding carboxylic acids is 2. The van der Waals surface area contributed by atoms with Crippen molar-refractivity contribution in [2.24, 2.45) is 0 Å². The summed E-state index contributed by atoms with van der Waals surface area (Å²) < 4.78 is 5.39. The Labute approximate surface area is 135 Å². The molecule has 0 radical (unpaired) electrons. The monoisotopic (exact) mass is 324 g/mol. The van der Waals surface area contributed by atoms with Gasteiger partial charge in [-0.2, -0.15) is 0 Å². The van der Waals surface area contributed by atoms with Gasteiger partial charge in [0.15, 0.2) is 0 Å². The molecular weight excluding hydrogens is 304 g/mol. The van der Waals surface area contributed by atoms with Crippen molar-refractivity contribution in [2.45, 2.75) is 20.3 Å². The Balaban J connectivity index is 2.05. The van der Waals surface area contributed by atoms with Crippen LogP contribution in [-0.2, 0) is 16.0 Å². The maximum absolute atomic E-state index is 12.5. The second-order valence-corrected chi connectivity index (χ2v) is 5.92. The van der Waals surface area contributed by atoms with Crippen LogP contribution in [0.15, 0.2) is 12.1 Å². The first-order valence-corrected chi connectivity index (χ1v) is 7.66. The van der Waals surface area contributed by atoms with Gasteiger partial charge in [0.2, 0.25) is 11.8 Å². The lowest BCUT2D eigenvalue weighted by Gasteiger charge is -2.34. The summed E-state index contributed by atoms with van der Waals surface area (Å²) >= 11 is 6.08. The first-order chi connectivity index (χ1) is 10.4. The summed E-state index contributed by atoms with van der Waals surface area (Å²) in [6, 6.07) is 3.59. The summed E-state index contributed by atoms with van der Waals surface area (Å²) in [5.41, 5.74) is 1.71. The lowest BCUT2D eigenvalue weighted by molar-refractivity contribution is -0.138. The molecule has 0 spiro atoms. The van der Waals surface area contributed by atoms with E-state index in [0.717, 1.165) is 11.1 Å². The van der Waals surface area contributed by atoms with Crippen molar-refractivity contribution in [3.05, 3.63) is 28.3 Å². The van der Waals surface area contributed by atoms with Crippen LogP contribution in [0.2, 0.25) is 5.02 Å². The number of amides is 2. The first kappa shape index (κ1) is 16.6. The molecule has 6 heteroatoms. The van der Waals surface area contributed by atoms with Gasteiger partial charge in [-0.05, 0) is 24.6 Å². The normalized spacial score (nSPS) is 14.9. The smallest absolute Gasteiger partial charge is 0.227 e. The highest BCUT2D eigenvalue weighted by Crippen LogP contribution is 2.28. The van der Waals surface area contributed by atoms with E-state index in [4.69, 9.17) is 16.3 Å². The first-order valence-electron chi connectivity index (χ1n) is 7.28. The van der Waals surface area contributed by atoms with E-state index in [1.807, 2.05) is 13.0 Å². The maximum Gasteiger partial charge on any atom is 0.227 e. The topological polar surface area (TPSA) is 49.9 Å². The second kappa shape index (κ2) is 7.01. The minimum Gasteiger partial charge on any atom is -0.496 e. The average Bonchev–Trinajstić information content (AvgIpc) is 2.47. The van der Waals surface area contributed by atoms with Gasteiger partial charge in [0, 0.05) is 43.7 Å². The van der Waals surface area contributed by atoms with Crippen molar-refractivity contribution in [3.8, 4) is 5.75 Å². The van der Waals surface area contributed by atoms with E-state index >= 15 is 0 Å². The van der Waals surface area contributed by atoms with Crippen LogP contribution in [0.1, 0.15) is 18.1 Å². The van der Waals surface area contributed by atoms with Gasteiger partial charge >= 0.3 is 0 Å². The van der Waals surface area contributed by atoms with E-state index in [-0.39, 0.29) is 18.2 Å². The largest absolute Gasteiger partial charge is 0.496 e. The molecule has 1 fully saturated rings. The Hall–Kier alpha value is -1.75. The van der Waals surface area contributed by atoms with Crippen molar-refractivity contribution in [1.82, 2.24) is 9.80 Å². The molecule has 5 nitrogen and oxygen atoms in total. The molecule has 1 heterocycles. The molecule has 0 bridgehead atoms. The molecule has 1 aliphatic heterocycles. The predicted octanol–water partition coefficient (Wildman–Crippen LogP) is 1.89. The van der Waals surface area contributed by atoms with Crippen LogP contribution in [0.3, 0.4) is 0 Å². The number of methoxy groups -OCH3 is 1. The van der Waals surface area contributed by atoms with Gasteiger partial charge < -0.3 is 14.5 Å². The number of hydrogen-bond acceptors (Lipinski definition) is 3. The number of ether oxygens (including phenoxy) is 1. The van der Waals surface area contributed by atoms with Gasteiger partial charge in [-0.3, -0.25) is 9.59 Å². The molecular formula is C16H21ClN2O3. The third-order valence-electron chi connectivity index (χ3n) is 3.94.